The topological polar surface area (TPSA) is 67.0 Å². The molecule has 0 aliphatic rings. The number of amides is 1. The number of aromatic nitrogens is 2. The number of anilines is 1. The number of hydrogen-bond acceptors (Lipinski definition) is 3. The van der Waals surface area contributed by atoms with Crippen LogP contribution in [0.2, 0.25) is 5.02 Å². The van der Waals surface area contributed by atoms with Crippen molar-refractivity contribution >= 4 is 34.2 Å². The van der Waals surface area contributed by atoms with E-state index < -0.39 is 0 Å². The maximum Gasteiger partial charge on any atom is 0.262 e. The Morgan fingerprint density at radius 1 is 1.00 bits per heavy atom. The van der Waals surface area contributed by atoms with E-state index in [-0.39, 0.29) is 12.5 Å². The van der Waals surface area contributed by atoms with E-state index in [1.165, 1.54) is 0 Å². The van der Waals surface area contributed by atoms with Crippen LogP contribution in [0.25, 0.3) is 22.4 Å². The van der Waals surface area contributed by atoms with E-state index in [9.17, 15) is 4.79 Å². The minimum atomic E-state index is -0.256. The molecule has 0 saturated carbocycles. The number of H-pyrrole nitrogens is 1. The summed E-state index contributed by atoms with van der Waals surface area (Å²) in [6.45, 7) is -0.101. The van der Waals surface area contributed by atoms with Crippen molar-refractivity contribution in [3.05, 3.63) is 77.8 Å². The highest BCUT2D eigenvalue weighted by Gasteiger charge is 2.12. The van der Waals surface area contributed by atoms with Crippen LogP contribution in [0, 0.1) is 0 Å². The van der Waals surface area contributed by atoms with Gasteiger partial charge < -0.3 is 15.0 Å². The first-order chi connectivity index (χ1) is 13.2. The fourth-order valence-electron chi connectivity index (χ4n) is 2.74. The van der Waals surface area contributed by atoms with Gasteiger partial charge in [-0.1, -0.05) is 35.9 Å². The van der Waals surface area contributed by atoms with Crippen molar-refractivity contribution < 1.29 is 9.53 Å². The molecule has 5 nitrogen and oxygen atoms in total. The van der Waals surface area contributed by atoms with Crippen molar-refractivity contribution in [2.75, 3.05) is 11.9 Å². The lowest BCUT2D eigenvalue weighted by molar-refractivity contribution is -0.118. The first-order valence-corrected chi connectivity index (χ1v) is 8.79. The van der Waals surface area contributed by atoms with Crippen LogP contribution in [0.4, 0.5) is 5.69 Å². The Balaban J connectivity index is 1.50. The minimum Gasteiger partial charge on any atom is -0.484 e. The fraction of sp³-hybridized carbons (Fsp3) is 0.0476. The smallest absolute Gasteiger partial charge is 0.262 e. The zero-order valence-electron chi connectivity index (χ0n) is 14.3. The average Bonchev–Trinajstić information content (AvgIpc) is 3.12. The summed E-state index contributed by atoms with van der Waals surface area (Å²) in [6.07, 6.45) is 0. The van der Waals surface area contributed by atoms with Crippen molar-refractivity contribution in [1.29, 1.82) is 0 Å². The Bertz CT molecular complexity index is 1060. The van der Waals surface area contributed by atoms with Crippen LogP contribution in [0.3, 0.4) is 0 Å². The number of halogens is 1. The van der Waals surface area contributed by atoms with Gasteiger partial charge in [0.25, 0.3) is 5.91 Å². The molecule has 4 aromatic rings. The lowest BCUT2D eigenvalue weighted by Crippen LogP contribution is -2.20. The third kappa shape index (κ3) is 3.93. The molecule has 0 aliphatic heterocycles. The summed E-state index contributed by atoms with van der Waals surface area (Å²) in [5.41, 5.74) is 3.30. The van der Waals surface area contributed by atoms with E-state index in [4.69, 9.17) is 16.3 Å². The molecule has 1 heterocycles. The first-order valence-electron chi connectivity index (χ1n) is 8.41. The normalized spacial score (nSPS) is 10.7. The number of para-hydroxylation sites is 3. The molecule has 4 rings (SSSR count). The SMILES string of the molecule is O=C(COc1ccc(Cl)cc1)Nc1ccccc1-c1nc2ccccc2[nH]1. The molecule has 0 radical (unpaired) electrons. The van der Waals surface area contributed by atoms with Crippen molar-refractivity contribution in [2.24, 2.45) is 0 Å². The number of carbonyl (C=O) groups excluding carboxylic acids is 1. The summed E-state index contributed by atoms with van der Waals surface area (Å²) in [5, 5.41) is 3.50. The number of carbonyl (C=O) groups is 1. The monoisotopic (exact) mass is 377 g/mol. The number of imidazole rings is 1. The maximum atomic E-state index is 12.3. The first kappa shape index (κ1) is 17.1. The van der Waals surface area contributed by atoms with E-state index in [0.717, 1.165) is 16.6 Å². The van der Waals surface area contributed by atoms with E-state index in [1.807, 2.05) is 48.5 Å². The average molecular weight is 378 g/mol. The van der Waals surface area contributed by atoms with Gasteiger partial charge in [0.1, 0.15) is 11.6 Å². The van der Waals surface area contributed by atoms with Crippen molar-refractivity contribution in [2.45, 2.75) is 0 Å². The quantitative estimate of drug-likeness (QED) is 0.519. The molecule has 1 aromatic heterocycles. The molecule has 134 valence electrons. The number of aromatic amines is 1. The van der Waals surface area contributed by atoms with Crippen molar-refractivity contribution in [3.63, 3.8) is 0 Å². The summed E-state index contributed by atoms with van der Waals surface area (Å²) in [6, 6.07) is 22.2. The Morgan fingerprint density at radius 2 is 1.74 bits per heavy atom. The van der Waals surface area contributed by atoms with Crippen molar-refractivity contribution in [3.8, 4) is 17.1 Å². The number of hydrogen-bond donors (Lipinski definition) is 2. The van der Waals surface area contributed by atoms with E-state index in [2.05, 4.69) is 15.3 Å². The highest BCUT2D eigenvalue weighted by molar-refractivity contribution is 6.30. The van der Waals surface area contributed by atoms with Gasteiger partial charge in [-0.05, 0) is 48.5 Å². The van der Waals surface area contributed by atoms with Gasteiger partial charge in [-0.25, -0.2) is 4.98 Å². The Morgan fingerprint density at radius 3 is 2.56 bits per heavy atom. The van der Waals surface area contributed by atoms with Gasteiger partial charge in [-0.2, -0.15) is 0 Å². The second-order valence-corrected chi connectivity index (χ2v) is 6.38. The van der Waals surface area contributed by atoms with Gasteiger partial charge in [0, 0.05) is 10.6 Å². The molecule has 1 amide bonds. The predicted molar refractivity (Wildman–Crippen MR) is 107 cm³/mol. The summed E-state index contributed by atoms with van der Waals surface area (Å²) >= 11 is 5.84. The van der Waals surface area contributed by atoms with Gasteiger partial charge in [-0.3, -0.25) is 4.79 Å². The zero-order chi connectivity index (χ0) is 18.6. The van der Waals surface area contributed by atoms with Crippen LogP contribution >= 0.6 is 11.6 Å². The molecule has 3 aromatic carbocycles. The number of ether oxygens (including phenoxy) is 1. The molecular weight excluding hydrogens is 362 g/mol. The number of fused-ring (bicyclic) bond motifs is 1. The Kier molecular flexibility index (Phi) is 4.77. The van der Waals surface area contributed by atoms with Gasteiger partial charge >= 0.3 is 0 Å². The third-order valence-corrected chi connectivity index (χ3v) is 4.28. The maximum absolute atomic E-state index is 12.3. The molecule has 0 atom stereocenters. The molecule has 0 unspecified atom stereocenters. The van der Waals surface area contributed by atoms with E-state index >= 15 is 0 Å². The molecule has 27 heavy (non-hydrogen) atoms. The van der Waals surface area contributed by atoms with Gasteiger partial charge in [0.2, 0.25) is 0 Å². The second kappa shape index (κ2) is 7.51. The van der Waals surface area contributed by atoms with Crippen molar-refractivity contribution in [1.82, 2.24) is 9.97 Å². The number of nitrogens with one attached hydrogen (secondary N) is 2. The highest BCUT2D eigenvalue weighted by Crippen LogP contribution is 2.27. The second-order valence-electron chi connectivity index (χ2n) is 5.94. The van der Waals surface area contributed by atoms with Crippen LogP contribution in [0.5, 0.6) is 5.75 Å². The predicted octanol–water partition coefficient (Wildman–Crippen LogP) is 4.90. The fourth-order valence-corrected chi connectivity index (χ4v) is 2.87. The Hall–Kier alpha value is -3.31. The lowest BCUT2D eigenvalue weighted by atomic mass is 10.1. The zero-order valence-corrected chi connectivity index (χ0v) is 15.0. The van der Waals surface area contributed by atoms with Gasteiger partial charge in [0.15, 0.2) is 6.61 Å². The standard InChI is InChI=1S/C21H16ClN3O2/c22-14-9-11-15(12-10-14)27-13-20(26)23-17-6-2-1-5-16(17)21-24-18-7-3-4-8-19(18)25-21/h1-12H,13H2,(H,23,26)(H,24,25). The molecule has 0 aliphatic carbocycles. The van der Waals surface area contributed by atoms with Crippen LogP contribution in [-0.4, -0.2) is 22.5 Å². The Labute approximate surface area is 161 Å². The van der Waals surface area contributed by atoms with E-state index in [1.54, 1.807) is 24.3 Å². The van der Waals surface area contributed by atoms with Crippen LogP contribution in [0.15, 0.2) is 72.8 Å². The lowest BCUT2D eigenvalue weighted by Gasteiger charge is -2.10. The molecule has 0 spiro atoms. The molecule has 2 N–H and O–H groups in total. The summed E-state index contributed by atoms with van der Waals surface area (Å²) in [4.78, 5) is 20.2. The third-order valence-electron chi connectivity index (χ3n) is 4.03. The highest BCUT2D eigenvalue weighted by atomic mass is 35.5. The van der Waals surface area contributed by atoms with Crippen LogP contribution in [0.1, 0.15) is 0 Å². The molecule has 6 heteroatoms. The van der Waals surface area contributed by atoms with E-state index in [0.29, 0.717) is 22.3 Å². The summed E-state index contributed by atoms with van der Waals surface area (Å²) < 4.78 is 5.49. The largest absolute Gasteiger partial charge is 0.484 e. The summed E-state index contributed by atoms with van der Waals surface area (Å²) in [7, 11) is 0. The van der Waals surface area contributed by atoms with Crippen LogP contribution in [-0.2, 0) is 4.79 Å². The van der Waals surface area contributed by atoms with Gasteiger partial charge in [0.05, 0.1) is 16.7 Å². The number of rotatable bonds is 5. The molecule has 0 bridgehead atoms. The number of benzene rings is 3. The molecule has 0 saturated heterocycles. The number of nitrogens with zero attached hydrogens (tertiary/aromatic N) is 1. The summed E-state index contributed by atoms with van der Waals surface area (Å²) in [5.74, 6) is 1.03. The minimum absolute atomic E-state index is 0.101. The molecule has 0 fully saturated rings. The van der Waals surface area contributed by atoms with Gasteiger partial charge in [-0.15, -0.1) is 0 Å². The van der Waals surface area contributed by atoms with Crippen LogP contribution < -0.4 is 10.1 Å². The molecular formula is C21H16ClN3O2.